The summed E-state index contributed by atoms with van der Waals surface area (Å²) >= 11 is 1.41. The third kappa shape index (κ3) is 5.85. The number of rotatable bonds is 10. The maximum Gasteiger partial charge on any atom is 0.257 e. The van der Waals surface area contributed by atoms with Gasteiger partial charge in [0.05, 0.1) is 11.6 Å². The number of hydrogen-bond acceptors (Lipinski definition) is 4. The number of benzene rings is 1. The number of nitrogens with one attached hydrogen (secondary N) is 2. The van der Waals surface area contributed by atoms with Crippen LogP contribution in [0.15, 0.2) is 24.3 Å². The minimum Gasteiger partial charge on any atom is -0.356 e. The van der Waals surface area contributed by atoms with Crippen molar-refractivity contribution >= 4 is 28.3 Å². The van der Waals surface area contributed by atoms with Gasteiger partial charge in [-0.05, 0) is 43.5 Å². The lowest BCUT2D eigenvalue weighted by Gasteiger charge is -2.10. The molecule has 2 amide bonds. The van der Waals surface area contributed by atoms with Crippen LogP contribution < -0.4 is 10.6 Å². The summed E-state index contributed by atoms with van der Waals surface area (Å²) in [4.78, 5) is 30.4. The van der Waals surface area contributed by atoms with Gasteiger partial charge in [-0.2, -0.15) is 0 Å². The van der Waals surface area contributed by atoms with E-state index in [2.05, 4.69) is 22.5 Å². The van der Waals surface area contributed by atoms with E-state index in [0.29, 0.717) is 17.2 Å². The molecule has 0 saturated carbocycles. The second-order valence-electron chi connectivity index (χ2n) is 7.44. The van der Waals surface area contributed by atoms with E-state index in [1.54, 1.807) is 0 Å². The van der Waals surface area contributed by atoms with Crippen molar-refractivity contribution < 1.29 is 14.0 Å². The molecule has 1 aromatic carbocycles. The Morgan fingerprint density at radius 2 is 1.86 bits per heavy atom. The molecule has 2 N–H and O–H groups in total. The monoisotopic (exact) mass is 417 g/mol. The Hall–Kier alpha value is -2.28. The van der Waals surface area contributed by atoms with E-state index in [-0.39, 0.29) is 23.5 Å². The van der Waals surface area contributed by atoms with Crippen LogP contribution >= 0.6 is 11.3 Å². The third-order valence-corrected chi connectivity index (χ3v) is 6.24. The number of hydrogen-bond donors (Lipinski definition) is 2. The van der Waals surface area contributed by atoms with Gasteiger partial charge in [-0.15, -0.1) is 11.3 Å². The van der Waals surface area contributed by atoms with Crippen LogP contribution in [0.4, 0.5) is 9.52 Å². The summed E-state index contributed by atoms with van der Waals surface area (Å²) in [5.74, 6) is -0.928. The first-order valence-electron chi connectivity index (χ1n) is 10.4. The molecule has 7 heteroatoms. The number of fused-ring (bicyclic) bond motifs is 1. The summed E-state index contributed by atoms with van der Waals surface area (Å²) in [7, 11) is 0. The van der Waals surface area contributed by atoms with E-state index in [1.807, 2.05) is 0 Å². The van der Waals surface area contributed by atoms with Crippen molar-refractivity contribution in [1.29, 1.82) is 0 Å². The predicted octanol–water partition coefficient (Wildman–Crippen LogP) is 5.04. The Balaban J connectivity index is 1.49. The molecule has 0 aliphatic heterocycles. The van der Waals surface area contributed by atoms with E-state index in [4.69, 9.17) is 0 Å². The van der Waals surface area contributed by atoms with Crippen molar-refractivity contribution in [3.8, 4) is 0 Å². The van der Waals surface area contributed by atoms with Gasteiger partial charge in [-0.1, -0.05) is 39.0 Å². The number of unbranched alkanes of at least 4 members (excludes halogenated alkanes) is 5. The second-order valence-corrected chi connectivity index (χ2v) is 8.52. The first-order chi connectivity index (χ1) is 14.1. The SMILES string of the molecule is CCCCCCCCNC(=O)C1CCc2sc(NC(=O)c3ccc(F)cc3)nc21. The Labute approximate surface area is 175 Å². The molecule has 1 aliphatic rings. The van der Waals surface area contributed by atoms with Crippen LogP contribution in [-0.2, 0) is 11.2 Å². The molecule has 1 unspecified atom stereocenters. The van der Waals surface area contributed by atoms with Crippen molar-refractivity contribution in [3.63, 3.8) is 0 Å². The van der Waals surface area contributed by atoms with Crippen LogP contribution in [0.5, 0.6) is 0 Å². The topological polar surface area (TPSA) is 71.1 Å². The van der Waals surface area contributed by atoms with E-state index >= 15 is 0 Å². The van der Waals surface area contributed by atoms with Crippen LogP contribution in [0.2, 0.25) is 0 Å². The number of amides is 2. The Morgan fingerprint density at radius 3 is 2.62 bits per heavy atom. The van der Waals surface area contributed by atoms with E-state index < -0.39 is 0 Å². The number of halogens is 1. The van der Waals surface area contributed by atoms with Gasteiger partial charge in [0.1, 0.15) is 5.82 Å². The highest BCUT2D eigenvalue weighted by Crippen LogP contribution is 2.38. The molecule has 0 bridgehead atoms. The molecule has 0 fully saturated rings. The second kappa shape index (κ2) is 10.5. The lowest BCUT2D eigenvalue weighted by atomic mass is 10.1. The minimum absolute atomic E-state index is 0.0269. The lowest BCUT2D eigenvalue weighted by Crippen LogP contribution is -2.29. The number of carbonyl (C=O) groups is 2. The zero-order valence-corrected chi connectivity index (χ0v) is 17.6. The fourth-order valence-electron chi connectivity index (χ4n) is 3.55. The Kier molecular flexibility index (Phi) is 7.75. The molecule has 3 rings (SSSR count). The summed E-state index contributed by atoms with van der Waals surface area (Å²) in [6, 6.07) is 5.37. The summed E-state index contributed by atoms with van der Waals surface area (Å²) in [6.07, 6.45) is 8.72. The predicted molar refractivity (Wildman–Crippen MR) is 114 cm³/mol. The van der Waals surface area contributed by atoms with Gasteiger partial charge in [0.15, 0.2) is 5.13 Å². The highest BCUT2D eigenvalue weighted by atomic mass is 32.1. The van der Waals surface area contributed by atoms with E-state index in [9.17, 15) is 14.0 Å². The van der Waals surface area contributed by atoms with E-state index in [0.717, 1.165) is 36.3 Å². The fraction of sp³-hybridized carbons (Fsp3) is 0.500. The number of nitrogens with zero attached hydrogens (tertiary/aromatic N) is 1. The molecule has 1 atom stereocenters. The highest BCUT2D eigenvalue weighted by molar-refractivity contribution is 7.16. The average molecular weight is 418 g/mol. The maximum absolute atomic E-state index is 13.0. The fourth-order valence-corrected chi connectivity index (χ4v) is 4.58. The number of thiazole rings is 1. The zero-order chi connectivity index (χ0) is 20.6. The van der Waals surface area contributed by atoms with Crippen LogP contribution in [0.3, 0.4) is 0 Å². The van der Waals surface area contributed by atoms with Crippen LogP contribution in [0, 0.1) is 5.82 Å². The number of carbonyl (C=O) groups excluding carboxylic acids is 2. The quantitative estimate of drug-likeness (QED) is 0.532. The minimum atomic E-state index is -0.385. The molecule has 156 valence electrons. The molecule has 2 aromatic rings. The van der Waals surface area contributed by atoms with Crippen molar-refractivity contribution in [3.05, 3.63) is 46.2 Å². The molecule has 0 spiro atoms. The number of anilines is 1. The molecular formula is C22H28FN3O2S. The molecule has 1 aliphatic carbocycles. The van der Waals surface area contributed by atoms with Crippen LogP contribution in [0.25, 0.3) is 0 Å². The normalized spacial score (nSPS) is 15.2. The maximum atomic E-state index is 13.0. The first-order valence-corrected chi connectivity index (χ1v) is 11.2. The standard InChI is InChI=1S/C22H28FN3O2S/c1-2-3-4-5-6-7-14-24-21(28)17-12-13-18-19(17)25-22(29-18)26-20(27)15-8-10-16(23)11-9-15/h8-11,17H,2-7,12-14H2,1H3,(H,24,28)(H,25,26,27). The van der Waals surface area contributed by atoms with Gasteiger partial charge in [0, 0.05) is 17.0 Å². The Bertz CT molecular complexity index is 835. The molecule has 29 heavy (non-hydrogen) atoms. The van der Waals surface area contributed by atoms with Crippen LogP contribution in [-0.4, -0.2) is 23.3 Å². The van der Waals surface area contributed by atoms with Crippen molar-refractivity contribution in [2.75, 3.05) is 11.9 Å². The smallest absolute Gasteiger partial charge is 0.257 e. The third-order valence-electron chi connectivity index (χ3n) is 5.19. The van der Waals surface area contributed by atoms with Crippen molar-refractivity contribution in [1.82, 2.24) is 10.3 Å². The molecular weight excluding hydrogens is 389 g/mol. The first kappa shape index (κ1) is 21.4. The number of aryl methyl sites for hydroxylation is 1. The van der Waals surface area contributed by atoms with Crippen LogP contribution in [0.1, 0.15) is 78.7 Å². The number of aromatic nitrogens is 1. The summed E-state index contributed by atoms with van der Waals surface area (Å²) < 4.78 is 13.0. The van der Waals surface area contributed by atoms with Gasteiger partial charge in [0.25, 0.3) is 5.91 Å². The largest absolute Gasteiger partial charge is 0.356 e. The summed E-state index contributed by atoms with van der Waals surface area (Å²) in [5, 5.41) is 6.28. The van der Waals surface area contributed by atoms with Crippen molar-refractivity contribution in [2.24, 2.45) is 0 Å². The Morgan fingerprint density at radius 1 is 1.14 bits per heavy atom. The highest BCUT2D eigenvalue weighted by Gasteiger charge is 2.32. The van der Waals surface area contributed by atoms with Gasteiger partial charge in [0.2, 0.25) is 5.91 Å². The van der Waals surface area contributed by atoms with Gasteiger partial charge >= 0.3 is 0 Å². The average Bonchev–Trinajstić information content (AvgIpc) is 3.27. The van der Waals surface area contributed by atoms with Gasteiger partial charge < -0.3 is 5.32 Å². The van der Waals surface area contributed by atoms with Crippen molar-refractivity contribution in [2.45, 2.75) is 64.2 Å². The zero-order valence-electron chi connectivity index (χ0n) is 16.8. The van der Waals surface area contributed by atoms with E-state index in [1.165, 1.54) is 61.3 Å². The molecule has 0 saturated heterocycles. The summed E-state index contributed by atoms with van der Waals surface area (Å²) in [5.41, 5.74) is 1.15. The molecule has 1 heterocycles. The summed E-state index contributed by atoms with van der Waals surface area (Å²) in [6.45, 7) is 2.91. The molecule has 5 nitrogen and oxygen atoms in total. The molecule has 1 aromatic heterocycles. The molecule has 0 radical (unpaired) electrons. The lowest BCUT2D eigenvalue weighted by molar-refractivity contribution is -0.122. The van der Waals surface area contributed by atoms with Gasteiger partial charge in [-0.25, -0.2) is 9.37 Å². The van der Waals surface area contributed by atoms with Gasteiger partial charge in [-0.3, -0.25) is 14.9 Å².